The monoisotopic (exact) mass is 384 g/mol. The molecule has 0 heterocycles. The summed E-state index contributed by atoms with van der Waals surface area (Å²) >= 11 is 3.47. The summed E-state index contributed by atoms with van der Waals surface area (Å²) in [4.78, 5) is 0.354. The lowest BCUT2D eigenvalue weighted by atomic mass is 10.1. The second-order valence-corrected chi connectivity index (χ2v) is 8.51. The highest BCUT2D eigenvalue weighted by Crippen LogP contribution is 2.49. The molecule has 0 amide bonds. The summed E-state index contributed by atoms with van der Waals surface area (Å²) in [6.07, 6.45) is 0. The second-order valence-electron chi connectivity index (χ2n) is 5.56. The Kier molecular flexibility index (Phi) is 3.39. The molecule has 23 heavy (non-hydrogen) atoms. The number of hydrogen-bond acceptors (Lipinski definition) is 2. The Morgan fingerprint density at radius 3 is 2.17 bits per heavy atom. The molecule has 3 aromatic carbocycles. The number of rotatable bonds is 2. The standard InChI is InChI=1S/C19H13BrO2S/c20-13-10-11-16-15-8-4-5-9-17(15)19(18(16)12-13)23(21,22)14-6-2-1-3-7-14/h1-12,19H. The predicted molar refractivity (Wildman–Crippen MR) is 95.0 cm³/mol. The molecule has 3 aromatic rings. The Balaban J connectivity index is 2.01. The SMILES string of the molecule is O=S(=O)(c1ccccc1)C1c2ccccc2-c2ccc(Br)cc21. The van der Waals surface area contributed by atoms with E-state index in [1.165, 1.54) is 0 Å². The predicted octanol–water partition coefficient (Wildman–Crippen LogP) is 4.99. The minimum absolute atomic E-state index is 0.354. The van der Waals surface area contributed by atoms with Crippen molar-refractivity contribution >= 4 is 25.8 Å². The lowest BCUT2D eigenvalue weighted by molar-refractivity contribution is 0.590. The summed E-state index contributed by atoms with van der Waals surface area (Å²) in [5.74, 6) is 0. The van der Waals surface area contributed by atoms with Crippen LogP contribution in [-0.4, -0.2) is 8.42 Å². The molecule has 0 aliphatic heterocycles. The molecular formula is C19H13BrO2S. The molecule has 0 N–H and O–H groups in total. The molecule has 1 unspecified atom stereocenters. The average Bonchev–Trinajstić information content (AvgIpc) is 2.89. The molecule has 0 saturated heterocycles. The van der Waals surface area contributed by atoms with Gasteiger partial charge in [-0.3, -0.25) is 0 Å². The smallest absolute Gasteiger partial charge is 0.189 e. The molecule has 0 radical (unpaired) electrons. The van der Waals surface area contributed by atoms with E-state index >= 15 is 0 Å². The van der Waals surface area contributed by atoms with Crippen LogP contribution >= 0.6 is 15.9 Å². The third kappa shape index (κ3) is 2.25. The van der Waals surface area contributed by atoms with Crippen LogP contribution in [0, 0.1) is 0 Å². The average molecular weight is 385 g/mol. The van der Waals surface area contributed by atoms with Gasteiger partial charge in [0.05, 0.1) is 4.90 Å². The van der Waals surface area contributed by atoms with E-state index in [9.17, 15) is 8.42 Å². The first kappa shape index (κ1) is 14.7. The van der Waals surface area contributed by atoms with Crippen LogP contribution < -0.4 is 0 Å². The van der Waals surface area contributed by atoms with E-state index in [4.69, 9.17) is 0 Å². The molecule has 1 atom stereocenters. The van der Waals surface area contributed by atoms with Gasteiger partial charge >= 0.3 is 0 Å². The number of halogens is 1. The van der Waals surface area contributed by atoms with E-state index in [-0.39, 0.29) is 0 Å². The van der Waals surface area contributed by atoms with Crippen molar-refractivity contribution < 1.29 is 8.42 Å². The van der Waals surface area contributed by atoms with Crippen molar-refractivity contribution in [3.63, 3.8) is 0 Å². The van der Waals surface area contributed by atoms with Crippen molar-refractivity contribution in [2.45, 2.75) is 10.1 Å². The Morgan fingerprint density at radius 1 is 0.739 bits per heavy atom. The minimum Gasteiger partial charge on any atom is -0.223 e. The quantitative estimate of drug-likeness (QED) is 0.623. The normalized spacial score (nSPS) is 16.0. The molecule has 4 heteroatoms. The van der Waals surface area contributed by atoms with Gasteiger partial charge in [-0.2, -0.15) is 0 Å². The highest BCUT2D eigenvalue weighted by Gasteiger charge is 2.38. The summed E-state index contributed by atoms with van der Waals surface area (Å²) in [5.41, 5.74) is 3.68. The van der Waals surface area contributed by atoms with Crippen molar-refractivity contribution in [3.05, 3.63) is 88.4 Å². The van der Waals surface area contributed by atoms with Gasteiger partial charge in [0.25, 0.3) is 0 Å². The topological polar surface area (TPSA) is 34.1 Å². The maximum absolute atomic E-state index is 13.3. The molecule has 1 aliphatic rings. The van der Waals surface area contributed by atoms with Crippen LogP contribution in [0.1, 0.15) is 16.4 Å². The van der Waals surface area contributed by atoms with Gasteiger partial charge in [0.1, 0.15) is 5.25 Å². The summed E-state index contributed by atoms with van der Waals surface area (Å²) in [7, 11) is -3.50. The molecule has 0 fully saturated rings. The highest BCUT2D eigenvalue weighted by molar-refractivity contribution is 9.10. The van der Waals surface area contributed by atoms with Crippen molar-refractivity contribution in [1.82, 2.24) is 0 Å². The Bertz CT molecular complexity index is 995. The van der Waals surface area contributed by atoms with Crippen LogP contribution in [0.25, 0.3) is 11.1 Å². The lowest BCUT2D eigenvalue weighted by Gasteiger charge is -2.15. The summed E-state index contributed by atoms with van der Waals surface area (Å²) < 4.78 is 27.4. The van der Waals surface area contributed by atoms with Gasteiger partial charge in [-0.05, 0) is 46.5 Å². The zero-order valence-corrected chi connectivity index (χ0v) is 14.5. The van der Waals surface area contributed by atoms with Gasteiger partial charge in [0.2, 0.25) is 0 Å². The van der Waals surface area contributed by atoms with Crippen LogP contribution in [0.3, 0.4) is 0 Å². The summed E-state index contributed by atoms with van der Waals surface area (Å²) in [5, 5.41) is -0.659. The maximum Gasteiger partial charge on any atom is 0.189 e. The lowest BCUT2D eigenvalue weighted by Crippen LogP contribution is -2.13. The van der Waals surface area contributed by atoms with Gasteiger partial charge in [-0.15, -0.1) is 0 Å². The number of sulfone groups is 1. The van der Waals surface area contributed by atoms with E-state index in [1.807, 2.05) is 48.5 Å². The van der Waals surface area contributed by atoms with Crippen LogP contribution in [0.4, 0.5) is 0 Å². The second kappa shape index (κ2) is 5.32. The largest absolute Gasteiger partial charge is 0.223 e. The van der Waals surface area contributed by atoms with Gasteiger partial charge < -0.3 is 0 Å². The van der Waals surface area contributed by atoms with E-state index in [0.717, 1.165) is 26.7 Å². The van der Waals surface area contributed by atoms with Crippen molar-refractivity contribution in [2.75, 3.05) is 0 Å². The third-order valence-electron chi connectivity index (χ3n) is 4.21. The molecule has 0 aromatic heterocycles. The van der Waals surface area contributed by atoms with E-state index in [1.54, 1.807) is 24.3 Å². The number of fused-ring (bicyclic) bond motifs is 3. The van der Waals surface area contributed by atoms with E-state index in [2.05, 4.69) is 15.9 Å². The van der Waals surface area contributed by atoms with Crippen molar-refractivity contribution in [1.29, 1.82) is 0 Å². The van der Waals surface area contributed by atoms with Gasteiger partial charge in [-0.25, -0.2) is 8.42 Å². The van der Waals surface area contributed by atoms with Gasteiger partial charge in [-0.1, -0.05) is 64.5 Å². The molecule has 1 aliphatic carbocycles. The number of benzene rings is 3. The van der Waals surface area contributed by atoms with Crippen molar-refractivity contribution in [2.24, 2.45) is 0 Å². The molecular weight excluding hydrogens is 372 g/mol. The highest BCUT2D eigenvalue weighted by atomic mass is 79.9. The fourth-order valence-electron chi connectivity index (χ4n) is 3.21. The molecule has 0 bridgehead atoms. The maximum atomic E-state index is 13.3. The van der Waals surface area contributed by atoms with Crippen LogP contribution in [0.5, 0.6) is 0 Å². The van der Waals surface area contributed by atoms with Gasteiger partial charge in [0.15, 0.2) is 9.84 Å². The van der Waals surface area contributed by atoms with E-state index < -0.39 is 15.1 Å². The minimum atomic E-state index is -3.50. The first-order valence-corrected chi connectivity index (χ1v) is 9.60. The van der Waals surface area contributed by atoms with E-state index in [0.29, 0.717) is 4.90 Å². The summed E-state index contributed by atoms with van der Waals surface area (Å²) in [6, 6.07) is 22.3. The molecule has 0 spiro atoms. The molecule has 2 nitrogen and oxygen atoms in total. The van der Waals surface area contributed by atoms with Crippen molar-refractivity contribution in [3.8, 4) is 11.1 Å². The molecule has 0 saturated carbocycles. The molecule has 4 rings (SSSR count). The Hall–Kier alpha value is -1.91. The van der Waals surface area contributed by atoms with Crippen LogP contribution in [0.15, 0.2) is 82.2 Å². The first-order valence-electron chi connectivity index (χ1n) is 7.27. The molecule has 114 valence electrons. The Morgan fingerprint density at radius 2 is 1.39 bits per heavy atom. The fraction of sp³-hybridized carbons (Fsp3) is 0.0526. The first-order chi connectivity index (χ1) is 11.1. The number of hydrogen-bond donors (Lipinski definition) is 0. The zero-order chi connectivity index (χ0) is 16.0. The summed E-state index contributed by atoms with van der Waals surface area (Å²) in [6.45, 7) is 0. The zero-order valence-electron chi connectivity index (χ0n) is 12.1. The van der Waals surface area contributed by atoms with Crippen LogP contribution in [-0.2, 0) is 9.84 Å². The van der Waals surface area contributed by atoms with Gasteiger partial charge in [0, 0.05) is 4.47 Å². The van der Waals surface area contributed by atoms with Crippen LogP contribution in [0.2, 0.25) is 0 Å². The third-order valence-corrected chi connectivity index (χ3v) is 6.76. The fourth-order valence-corrected chi connectivity index (χ4v) is 5.47. The Labute approximate surface area is 143 Å².